The number of carbonyl (C=O) groups is 4. The Bertz CT molecular complexity index is 2360. The second-order valence-corrected chi connectivity index (χ2v) is 22.4. The highest BCUT2D eigenvalue weighted by atomic mass is 32.2. The molecule has 1 aliphatic heterocycles. The number of thiazole rings is 1. The van der Waals surface area contributed by atoms with Crippen LogP contribution in [0.5, 0.6) is 11.5 Å². The summed E-state index contributed by atoms with van der Waals surface area (Å²) >= 11 is 1.46. The number of rotatable bonds is 13. The lowest BCUT2D eigenvalue weighted by atomic mass is 9.85. The SMILES string of the molecule is C=C[C@@H]1C[C@]1(NC(=O)[C@@H]1C(C)[C@@H](Oc2cc(-c3nc(C(C)C)cs3)nc3c(C)c(OC)ccc23)CN1C(=O)[C@@H](NC(=O)OC(C)(C)C)C(C)(C)C)C(=O)NS(=O)(=O)C1(C)CC1. The zero-order valence-electron chi connectivity index (χ0n) is 37.2. The first kappa shape index (κ1) is 45.7. The number of fused-ring (bicyclic) bond motifs is 1. The van der Waals surface area contributed by atoms with E-state index in [0.29, 0.717) is 45.9 Å². The molecule has 4 amide bonds. The fourth-order valence-electron chi connectivity index (χ4n) is 7.70. The van der Waals surface area contributed by atoms with E-state index in [1.807, 2.05) is 30.5 Å². The van der Waals surface area contributed by atoms with Gasteiger partial charge in [-0.2, -0.15) is 0 Å². The third-order valence-corrected chi connectivity index (χ3v) is 15.0. The summed E-state index contributed by atoms with van der Waals surface area (Å²) in [7, 11) is -2.45. The number of alkyl carbamates (subject to hydrolysis) is 1. The molecule has 2 aromatic heterocycles. The first-order valence-corrected chi connectivity index (χ1v) is 23.0. The van der Waals surface area contributed by atoms with Crippen LogP contribution in [0.4, 0.5) is 4.79 Å². The third kappa shape index (κ3) is 9.09. The predicted molar refractivity (Wildman–Crippen MR) is 234 cm³/mol. The van der Waals surface area contributed by atoms with Crippen LogP contribution in [0.1, 0.15) is 106 Å². The number of nitrogens with zero attached hydrogens (tertiary/aromatic N) is 3. The van der Waals surface area contributed by atoms with Gasteiger partial charge in [0.15, 0.2) is 0 Å². The summed E-state index contributed by atoms with van der Waals surface area (Å²) in [4.78, 5) is 68.0. The van der Waals surface area contributed by atoms with Crippen molar-refractivity contribution in [3.05, 3.63) is 47.5 Å². The van der Waals surface area contributed by atoms with Crippen LogP contribution in [-0.2, 0) is 29.1 Å². The number of nitrogens with one attached hydrogen (secondary N) is 3. The van der Waals surface area contributed by atoms with Crippen LogP contribution in [0.2, 0.25) is 0 Å². The molecule has 2 aliphatic carbocycles. The van der Waals surface area contributed by atoms with Gasteiger partial charge in [-0.15, -0.1) is 17.9 Å². The van der Waals surface area contributed by atoms with E-state index < -0.39 is 85.2 Å². The maximum atomic E-state index is 14.9. The summed E-state index contributed by atoms with van der Waals surface area (Å²) in [6.07, 6.45) is 0.847. The van der Waals surface area contributed by atoms with Gasteiger partial charge in [0.05, 0.1) is 29.6 Å². The Balaban J connectivity index is 1.40. The van der Waals surface area contributed by atoms with Gasteiger partial charge in [-0.05, 0) is 77.3 Å². The number of aryl methyl sites for hydroxylation is 1. The molecule has 6 rings (SSSR count). The Morgan fingerprint density at radius 2 is 1.74 bits per heavy atom. The van der Waals surface area contributed by atoms with Crippen molar-refractivity contribution in [2.75, 3.05) is 13.7 Å². The quantitative estimate of drug-likeness (QED) is 0.161. The lowest BCUT2D eigenvalue weighted by Crippen LogP contribution is -2.61. The topological polar surface area (TPSA) is 195 Å². The molecule has 2 saturated carbocycles. The van der Waals surface area contributed by atoms with E-state index in [2.05, 4.69) is 35.8 Å². The minimum Gasteiger partial charge on any atom is -0.496 e. The molecule has 15 nitrogen and oxygen atoms in total. The molecule has 3 aromatic rings. The largest absolute Gasteiger partial charge is 0.496 e. The lowest BCUT2D eigenvalue weighted by molar-refractivity contribution is -0.143. The fourth-order valence-corrected chi connectivity index (χ4v) is 9.95. The Hall–Kier alpha value is -4.77. The highest BCUT2D eigenvalue weighted by Gasteiger charge is 2.63. The van der Waals surface area contributed by atoms with Crippen LogP contribution >= 0.6 is 11.3 Å². The van der Waals surface area contributed by atoms with E-state index in [1.165, 1.54) is 22.3 Å². The van der Waals surface area contributed by atoms with Crippen molar-refractivity contribution in [3.63, 3.8) is 0 Å². The van der Waals surface area contributed by atoms with Crippen LogP contribution in [-0.4, -0.2) is 94.8 Å². The summed E-state index contributed by atoms with van der Waals surface area (Å²) in [6, 6.07) is 3.11. The summed E-state index contributed by atoms with van der Waals surface area (Å²) in [5.41, 5.74) is -0.415. The average molecular weight is 881 g/mol. The average Bonchev–Trinajstić information content (AvgIpc) is 3.98. The highest BCUT2D eigenvalue weighted by Crippen LogP contribution is 2.48. The van der Waals surface area contributed by atoms with Crippen LogP contribution in [0.3, 0.4) is 0 Å². The number of hydrogen-bond donors (Lipinski definition) is 3. The summed E-state index contributed by atoms with van der Waals surface area (Å²) in [5.74, 6) is -2.10. The normalized spacial score (nSPS) is 23.9. The number of carbonyl (C=O) groups excluding carboxylic acids is 4. The molecule has 3 heterocycles. The molecule has 3 fully saturated rings. The molecule has 0 radical (unpaired) electrons. The van der Waals surface area contributed by atoms with Crippen molar-refractivity contribution in [2.45, 2.75) is 135 Å². The van der Waals surface area contributed by atoms with Crippen molar-refractivity contribution in [3.8, 4) is 22.2 Å². The van der Waals surface area contributed by atoms with E-state index in [4.69, 9.17) is 24.2 Å². The molecule has 1 saturated heterocycles. The van der Waals surface area contributed by atoms with Crippen LogP contribution in [0.15, 0.2) is 36.2 Å². The molecule has 6 atom stereocenters. The van der Waals surface area contributed by atoms with Gasteiger partial charge in [-0.25, -0.2) is 23.2 Å². The molecular formula is C44H60N6O9S2. The second-order valence-electron chi connectivity index (χ2n) is 19.3. The monoisotopic (exact) mass is 880 g/mol. The first-order valence-electron chi connectivity index (χ1n) is 20.7. The number of pyridine rings is 1. The maximum absolute atomic E-state index is 14.9. The van der Waals surface area contributed by atoms with Gasteiger partial charge in [0.1, 0.15) is 51.5 Å². The Kier molecular flexibility index (Phi) is 12.1. The van der Waals surface area contributed by atoms with Crippen molar-refractivity contribution in [1.29, 1.82) is 0 Å². The number of likely N-dealkylation sites (tertiary alicyclic amines) is 1. The maximum Gasteiger partial charge on any atom is 0.408 e. The van der Waals surface area contributed by atoms with E-state index in [9.17, 15) is 27.6 Å². The number of amides is 4. The number of aromatic nitrogens is 2. The number of hydrogen-bond acceptors (Lipinski definition) is 12. The number of benzene rings is 1. The van der Waals surface area contributed by atoms with Crippen LogP contribution in [0, 0.1) is 24.2 Å². The Morgan fingerprint density at radius 1 is 1.07 bits per heavy atom. The van der Waals surface area contributed by atoms with Gasteiger partial charge in [-0.3, -0.25) is 19.1 Å². The van der Waals surface area contributed by atoms with Gasteiger partial charge < -0.3 is 29.7 Å². The van der Waals surface area contributed by atoms with Gasteiger partial charge in [0.2, 0.25) is 21.8 Å². The smallest absolute Gasteiger partial charge is 0.408 e. The van der Waals surface area contributed by atoms with Crippen molar-refractivity contribution in [2.24, 2.45) is 17.3 Å². The second kappa shape index (κ2) is 16.2. The minimum atomic E-state index is -4.04. The summed E-state index contributed by atoms with van der Waals surface area (Å²) < 4.78 is 45.6. The Morgan fingerprint density at radius 3 is 2.28 bits per heavy atom. The first-order chi connectivity index (χ1) is 28.3. The highest BCUT2D eigenvalue weighted by molar-refractivity contribution is 7.91. The number of ether oxygens (including phenoxy) is 3. The number of sulfonamides is 1. The summed E-state index contributed by atoms with van der Waals surface area (Å²) in [5, 5.41) is 8.98. The zero-order valence-corrected chi connectivity index (χ0v) is 38.9. The molecule has 17 heteroatoms. The molecule has 1 aromatic carbocycles. The van der Waals surface area contributed by atoms with E-state index >= 15 is 0 Å². The number of methoxy groups -OCH3 is 1. The molecule has 1 unspecified atom stereocenters. The van der Waals surface area contributed by atoms with Gasteiger partial charge in [-0.1, -0.05) is 47.6 Å². The van der Waals surface area contributed by atoms with Crippen LogP contribution < -0.4 is 24.8 Å². The standard InChI is InChI=1S/C44H60N6O9S2/c1-14-26-20-44(26,39(53)49-61(55,56)43(12)17-18-43)48-36(51)34-25(5)32(21-50(34)38(52)35(41(6,7)8)47-40(54)59-42(9,10)11)58-31-19-28(37-46-29(22-60-37)23(2)3)45-33-24(4)30(57-13)16-15-27(31)33/h14-16,19,22-23,25-26,32,34-35H,1,17-18,20-21H2,2-13H3,(H,47,54)(H,48,51)(H,49,53)/t25?,26-,32+,34+,35-,44-/m1/s1. The minimum absolute atomic E-state index is 0.0828. The van der Waals surface area contributed by atoms with E-state index in [1.54, 1.807) is 62.5 Å². The molecule has 332 valence electrons. The van der Waals surface area contributed by atoms with E-state index in [-0.39, 0.29) is 18.9 Å². The van der Waals surface area contributed by atoms with Gasteiger partial charge in [0.25, 0.3) is 5.91 Å². The predicted octanol–water partition coefficient (Wildman–Crippen LogP) is 6.39. The third-order valence-electron chi connectivity index (χ3n) is 12.0. The summed E-state index contributed by atoms with van der Waals surface area (Å²) in [6.45, 7) is 23.6. The van der Waals surface area contributed by atoms with Crippen molar-refractivity contribution < 1.29 is 41.8 Å². The molecule has 3 aliphatic rings. The lowest BCUT2D eigenvalue weighted by Gasteiger charge is -2.36. The molecular weight excluding hydrogens is 821 g/mol. The Labute approximate surface area is 362 Å². The van der Waals surface area contributed by atoms with Crippen LogP contribution in [0.25, 0.3) is 21.6 Å². The molecule has 61 heavy (non-hydrogen) atoms. The van der Waals surface area contributed by atoms with Crippen molar-refractivity contribution in [1.82, 2.24) is 30.2 Å². The van der Waals surface area contributed by atoms with Gasteiger partial charge >= 0.3 is 6.09 Å². The van der Waals surface area contributed by atoms with E-state index in [0.717, 1.165) is 11.3 Å². The van der Waals surface area contributed by atoms with Crippen molar-refractivity contribution >= 4 is 56.1 Å². The fraction of sp³-hybridized carbons (Fsp3) is 0.591. The molecule has 3 N–H and O–H groups in total. The van der Waals surface area contributed by atoms with Gasteiger partial charge in [0, 0.05) is 34.2 Å². The molecule has 0 spiro atoms. The zero-order chi connectivity index (χ0) is 45.2. The molecule has 0 bridgehead atoms.